The lowest BCUT2D eigenvalue weighted by atomic mass is 10.0. The zero-order valence-corrected chi connectivity index (χ0v) is 18.0. The lowest BCUT2D eigenvalue weighted by Gasteiger charge is -2.26. The summed E-state index contributed by atoms with van der Waals surface area (Å²) >= 11 is 6.26. The number of hydrogen-bond donors (Lipinski definition) is 3. The van der Waals surface area contributed by atoms with Crippen molar-refractivity contribution in [3.05, 3.63) is 59.2 Å². The lowest BCUT2D eigenvalue weighted by molar-refractivity contribution is -0.118. The molecule has 0 unspecified atom stereocenters. The first-order valence-electron chi connectivity index (χ1n) is 9.29. The summed E-state index contributed by atoms with van der Waals surface area (Å²) in [5.41, 5.74) is 3.16. The Morgan fingerprint density at radius 2 is 1.87 bits per heavy atom. The zero-order valence-electron chi connectivity index (χ0n) is 16.5. The Labute approximate surface area is 184 Å². The summed E-state index contributed by atoms with van der Waals surface area (Å²) in [4.78, 5) is 22.0. The van der Waals surface area contributed by atoms with Crippen molar-refractivity contribution in [1.29, 1.82) is 0 Å². The normalized spacial score (nSPS) is 13.6. The smallest absolute Gasteiger partial charge is 0.238 e. The standard InChI is InChI=1S/C20H19ClN6O3S/c1-27-17-7-6-14(9-12(17)5-8-18(27)28)24-19-16(21)11-23-20(26-19)25-13-3-2-4-15(10-13)31(22,29)30/h2-4,6-7,9-11H,5,8H2,1H3,(H2,22,29,30)(H2,23,24,25,26). The first kappa shape index (κ1) is 21.0. The van der Waals surface area contributed by atoms with E-state index >= 15 is 0 Å². The minimum Gasteiger partial charge on any atom is -0.339 e. The van der Waals surface area contributed by atoms with Crippen LogP contribution in [-0.4, -0.2) is 31.3 Å². The predicted molar refractivity (Wildman–Crippen MR) is 120 cm³/mol. The van der Waals surface area contributed by atoms with Gasteiger partial charge in [-0.25, -0.2) is 18.5 Å². The van der Waals surface area contributed by atoms with E-state index in [-0.39, 0.29) is 16.8 Å². The number of halogens is 1. The van der Waals surface area contributed by atoms with E-state index in [9.17, 15) is 13.2 Å². The van der Waals surface area contributed by atoms with Crippen LogP contribution in [-0.2, 0) is 21.2 Å². The molecule has 0 saturated heterocycles. The number of anilines is 5. The Bertz CT molecular complexity index is 1280. The molecule has 4 N–H and O–H groups in total. The second kappa shape index (κ2) is 8.14. The summed E-state index contributed by atoms with van der Waals surface area (Å²) in [6, 6.07) is 11.7. The summed E-state index contributed by atoms with van der Waals surface area (Å²) in [5.74, 6) is 0.693. The maximum absolute atomic E-state index is 11.9. The van der Waals surface area contributed by atoms with Gasteiger partial charge in [-0.1, -0.05) is 17.7 Å². The van der Waals surface area contributed by atoms with Crippen molar-refractivity contribution in [1.82, 2.24) is 9.97 Å². The van der Waals surface area contributed by atoms with Gasteiger partial charge < -0.3 is 15.5 Å². The number of nitrogens with zero attached hydrogens (tertiary/aromatic N) is 3. The van der Waals surface area contributed by atoms with Gasteiger partial charge in [-0.2, -0.15) is 4.98 Å². The van der Waals surface area contributed by atoms with Crippen LogP contribution in [0.1, 0.15) is 12.0 Å². The molecule has 0 bridgehead atoms. The highest BCUT2D eigenvalue weighted by Crippen LogP contribution is 2.31. The molecule has 0 saturated carbocycles. The molecular weight excluding hydrogens is 440 g/mol. The third kappa shape index (κ3) is 4.61. The van der Waals surface area contributed by atoms with Gasteiger partial charge in [-0.3, -0.25) is 4.79 Å². The van der Waals surface area contributed by atoms with Crippen molar-refractivity contribution in [2.45, 2.75) is 17.7 Å². The molecule has 31 heavy (non-hydrogen) atoms. The molecule has 2 heterocycles. The molecular formula is C20H19ClN6O3S. The van der Waals surface area contributed by atoms with Gasteiger partial charge in [0.05, 0.1) is 11.1 Å². The van der Waals surface area contributed by atoms with E-state index in [2.05, 4.69) is 20.6 Å². The van der Waals surface area contributed by atoms with E-state index in [4.69, 9.17) is 16.7 Å². The quantitative estimate of drug-likeness (QED) is 0.535. The number of primary sulfonamides is 1. The minimum absolute atomic E-state index is 0.0256. The maximum Gasteiger partial charge on any atom is 0.238 e. The highest BCUT2D eigenvalue weighted by atomic mass is 35.5. The van der Waals surface area contributed by atoms with Crippen LogP contribution in [0.25, 0.3) is 0 Å². The molecule has 0 radical (unpaired) electrons. The van der Waals surface area contributed by atoms with Crippen LogP contribution in [0.2, 0.25) is 5.02 Å². The average molecular weight is 459 g/mol. The van der Waals surface area contributed by atoms with Crippen LogP contribution in [0, 0.1) is 0 Å². The largest absolute Gasteiger partial charge is 0.339 e. The monoisotopic (exact) mass is 458 g/mol. The first-order valence-corrected chi connectivity index (χ1v) is 11.2. The van der Waals surface area contributed by atoms with Gasteiger partial charge in [-0.05, 0) is 48.4 Å². The Balaban J connectivity index is 1.57. The highest BCUT2D eigenvalue weighted by molar-refractivity contribution is 7.89. The fourth-order valence-corrected chi connectivity index (χ4v) is 3.96. The Morgan fingerprint density at radius 1 is 1.10 bits per heavy atom. The van der Waals surface area contributed by atoms with Gasteiger partial charge in [0.1, 0.15) is 5.02 Å². The van der Waals surface area contributed by atoms with E-state index in [1.807, 2.05) is 18.2 Å². The number of amides is 1. The van der Waals surface area contributed by atoms with Gasteiger partial charge in [0.25, 0.3) is 0 Å². The van der Waals surface area contributed by atoms with E-state index < -0.39 is 10.0 Å². The number of rotatable bonds is 5. The number of carbonyl (C=O) groups is 1. The summed E-state index contributed by atoms with van der Waals surface area (Å²) in [5, 5.41) is 11.6. The van der Waals surface area contributed by atoms with Gasteiger partial charge in [0.2, 0.25) is 21.9 Å². The number of sulfonamides is 1. The second-order valence-electron chi connectivity index (χ2n) is 7.01. The Hall–Kier alpha value is -3.21. The van der Waals surface area contributed by atoms with E-state index in [0.29, 0.717) is 29.4 Å². The number of aryl methyl sites for hydroxylation is 1. The molecule has 1 aromatic heterocycles. The number of nitrogens with one attached hydrogen (secondary N) is 2. The van der Waals surface area contributed by atoms with Crippen LogP contribution in [0.4, 0.5) is 28.8 Å². The number of benzene rings is 2. The van der Waals surface area contributed by atoms with E-state index in [1.165, 1.54) is 18.3 Å². The fraction of sp³-hybridized carbons (Fsp3) is 0.150. The molecule has 9 nitrogen and oxygen atoms in total. The van der Waals surface area contributed by atoms with Crippen molar-refractivity contribution < 1.29 is 13.2 Å². The van der Waals surface area contributed by atoms with Crippen molar-refractivity contribution in [3.63, 3.8) is 0 Å². The second-order valence-corrected chi connectivity index (χ2v) is 8.98. The van der Waals surface area contributed by atoms with Gasteiger partial charge >= 0.3 is 0 Å². The molecule has 160 valence electrons. The van der Waals surface area contributed by atoms with Crippen molar-refractivity contribution in [2.75, 3.05) is 22.6 Å². The van der Waals surface area contributed by atoms with Crippen molar-refractivity contribution in [3.8, 4) is 0 Å². The van der Waals surface area contributed by atoms with Gasteiger partial charge in [-0.15, -0.1) is 0 Å². The minimum atomic E-state index is -3.83. The number of fused-ring (bicyclic) bond motifs is 1. The highest BCUT2D eigenvalue weighted by Gasteiger charge is 2.21. The molecule has 0 atom stereocenters. The van der Waals surface area contributed by atoms with Gasteiger partial charge in [0.15, 0.2) is 5.82 Å². The third-order valence-corrected chi connectivity index (χ3v) is 6.04. The molecule has 11 heteroatoms. The van der Waals surface area contributed by atoms with Crippen LogP contribution in [0.5, 0.6) is 0 Å². The molecule has 4 rings (SSSR count). The molecule has 1 amide bonds. The zero-order chi connectivity index (χ0) is 22.2. The number of aromatic nitrogens is 2. The first-order chi connectivity index (χ1) is 14.7. The summed E-state index contributed by atoms with van der Waals surface area (Å²) in [7, 11) is -2.07. The van der Waals surface area contributed by atoms with Crippen LogP contribution < -0.4 is 20.7 Å². The molecule has 2 aromatic carbocycles. The van der Waals surface area contributed by atoms with Crippen LogP contribution >= 0.6 is 11.6 Å². The van der Waals surface area contributed by atoms with Crippen LogP contribution in [0.15, 0.2) is 53.6 Å². The van der Waals surface area contributed by atoms with Crippen molar-refractivity contribution >= 4 is 56.4 Å². The van der Waals surface area contributed by atoms with Crippen molar-refractivity contribution in [2.24, 2.45) is 5.14 Å². The van der Waals surface area contributed by atoms with E-state index in [1.54, 1.807) is 24.1 Å². The molecule has 1 aliphatic heterocycles. The van der Waals surface area contributed by atoms with Gasteiger partial charge in [0, 0.05) is 30.5 Å². The summed E-state index contributed by atoms with van der Waals surface area (Å²) < 4.78 is 23.1. The molecule has 1 aliphatic rings. The van der Waals surface area contributed by atoms with Crippen LogP contribution in [0.3, 0.4) is 0 Å². The summed E-state index contributed by atoms with van der Waals surface area (Å²) in [6.07, 6.45) is 2.57. The number of hydrogen-bond acceptors (Lipinski definition) is 7. The number of nitrogens with two attached hydrogens (primary N) is 1. The maximum atomic E-state index is 11.9. The average Bonchev–Trinajstić information content (AvgIpc) is 2.73. The Kier molecular flexibility index (Phi) is 5.52. The lowest BCUT2D eigenvalue weighted by Crippen LogP contribution is -2.31. The topological polar surface area (TPSA) is 130 Å². The Morgan fingerprint density at radius 3 is 2.65 bits per heavy atom. The molecule has 0 fully saturated rings. The molecule has 0 aliphatic carbocycles. The van der Waals surface area contributed by atoms with E-state index in [0.717, 1.165) is 16.9 Å². The third-order valence-electron chi connectivity index (χ3n) is 4.85. The number of carbonyl (C=O) groups excluding carboxylic acids is 1. The fourth-order valence-electron chi connectivity index (χ4n) is 3.27. The summed E-state index contributed by atoms with van der Waals surface area (Å²) in [6.45, 7) is 0. The molecule has 0 spiro atoms. The SMILES string of the molecule is CN1C(=O)CCc2cc(Nc3nc(Nc4cccc(S(N)(=O)=O)c4)ncc3Cl)ccc21. The predicted octanol–water partition coefficient (Wildman–Crippen LogP) is 3.17. The molecule has 3 aromatic rings.